The Morgan fingerprint density at radius 3 is 2.50 bits per heavy atom. The number of nitrogens with zero attached hydrogens (tertiary/aromatic N) is 1. The second-order valence-electron chi connectivity index (χ2n) is 9.96. The minimum atomic E-state index is -0.812. The molecule has 182 valence electrons. The fraction of sp³-hybridized carbons (Fsp3) is 0.480. The molecule has 2 aliphatic heterocycles. The predicted octanol–water partition coefficient (Wildman–Crippen LogP) is 3.25. The van der Waals surface area contributed by atoms with E-state index in [1.807, 2.05) is 46.8 Å². The van der Waals surface area contributed by atoms with E-state index in [-0.39, 0.29) is 6.61 Å². The Morgan fingerprint density at radius 1 is 1.21 bits per heavy atom. The monoisotopic (exact) mass is 470 g/mol. The quantitative estimate of drug-likeness (QED) is 0.656. The van der Waals surface area contributed by atoms with E-state index in [1.165, 1.54) is 11.0 Å². The van der Waals surface area contributed by atoms with E-state index >= 15 is 4.39 Å². The van der Waals surface area contributed by atoms with Crippen LogP contribution in [0.3, 0.4) is 0 Å². The average Bonchev–Trinajstić information content (AvgIpc) is 3.27. The van der Waals surface area contributed by atoms with E-state index in [0.717, 1.165) is 16.7 Å². The predicted molar refractivity (Wildman–Crippen MR) is 129 cm³/mol. The van der Waals surface area contributed by atoms with E-state index in [1.54, 1.807) is 19.2 Å². The Labute approximate surface area is 200 Å². The summed E-state index contributed by atoms with van der Waals surface area (Å²) in [5, 5.41) is 12.8. The van der Waals surface area contributed by atoms with Gasteiger partial charge >= 0.3 is 13.1 Å². The number of aliphatic hydroxyl groups excluding tert-OH is 1. The molecule has 4 rings (SSSR count). The van der Waals surface area contributed by atoms with Gasteiger partial charge in [-0.2, -0.15) is 0 Å². The molecule has 2 aromatic rings. The van der Waals surface area contributed by atoms with Crippen molar-refractivity contribution in [2.24, 2.45) is 0 Å². The number of hydrogen-bond donors (Lipinski definition) is 2. The van der Waals surface area contributed by atoms with Crippen LogP contribution in [-0.2, 0) is 15.7 Å². The first-order chi connectivity index (χ1) is 16.0. The zero-order chi connectivity index (χ0) is 24.8. The molecule has 0 bridgehead atoms. The minimum absolute atomic E-state index is 0.283. The second kappa shape index (κ2) is 8.87. The maximum atomic E-state index is 15.2. The SMILES string of the molecule is COc1cc(C)cc([C@@H](CO)NC(=O)N2CCc3cc(B4OC(C)(C)C(C)(C)O4)c(F)cc32)c1. The number of anilines is 1. The average molecular weight is 470 g/mol. The van der Waals surface area contributed by atoms with Crippen molar-refractivity contribution in [3.63, 3.8) is 0 Å². The maximum Gasteiger partial charge on any atom is 0.497 e. The zero-order valence-corrected chi connectivity index (χ0v) is 20.6. The Hall–Kier alpha value is -2.62. The van der Waals surface area contributed by atoms with Gasteiger partial charge in [0.05, 0.1) is 36.6 Å². The van der Waals surface area contributed by atoms with Crippen molar-refractivity contribution in [3.05, 3.63) is 52.8 Å². The number of carbonyl (C=O) groups excluding carboxylic acids is 1. The van der Waals surface area contributed by atoms with Crippen LogP contribution in [0.5, 0.6) is 5.75 Å². The summed E-state index contributed by atoms with van der Waals surface area (Å²) in [5.74, 6) is 0.158. The number of amides is 2. The summed E-state index contributed by atoms with van der Waals surface area (Å²) in [5.41, 5.74) is 2.22. The van der Waals surface area contributed by atoms with Gasteiger partial charge in [0.15, 0.2) is 0 Å². The maximum absolute atomic E-state index is 15.2. The summed E-state index contributed by atoms with van der Waals surface area (Å²) < 4.78 is 32.5. The number of rotatable bonds is 5. The van der Waals surface area contributed by atoms with Crippen LogP contribution >= 0.6 is 0 Å². The van der Waals surface area contributed by atoms with Gasteiger partial charge in [-0.25, -0.2) is 9.18 Å². The van der Waals surface area contributed by atoms with Gasteiger partial charge in [0.25, 0.3) is 0 Å². The molecule has 0 unspecified atom stereocenters. The first kappa shape index (κ1) is 24.5. The molecule has 2 amide bonds. The summed E-state index contributed by atoms with van der Waals surface area (Å²) in [7, 11) is 0.756. The summed E-state index contributed by atoms with van der Waals surface area (Å²) in [4.78, 5) is 14.6. The number of benzene rings is 2. The van der Waals surface area contributed by atoms with Gasteiger partial charge in [-0.05, 0) is 75.9 Å². The highest BCUT2D eigenvalue weighted by Crippen LogP contribution is 2.37. The number of methoxy groups -OCH3 is 1. The second-order valence-corrected chi connectivity index (χ2v) is 9.96. The fourth-order valence-corrected chi connectivity index (χ4v) is 4.35. The van der Waals surface area contributed by atoms with Crippen molar-refractivity contribution in [3.8, 4) is 5.75 Å². The van der Waals surface area contributed by atoms with E-state index in [2.05, 4.69) is 5.32 Å². The standard InChI is InChI=1S/C25H32BFN2O5/c1-15-9-17(11-18(10-15)32-6)21(14-30)28-23(31)29-8-7-16-12-19(20(27)13-22(16)29)26-33-24(2,3)25(4,5)34-26/h9-13,21,30H,7-8,14H2,1-6H3,(H,28,31)/t21-/m1/s1. The van der Waals surface area contributed by atoms with Crippen LogP contribution < -0.4 is 20.4 Å². The van der Waals surface area contributed by atoms with Crippen LogP contribution in [0.2, 0.25) is 0 Å². The topological polar surface area (TPSA) is 80.3 Å². The lowest BCUT2D eigenvalue weighted by Gasteiger charge is -2.32. The third-order valence-corrected chi connectivity index (χ3v) is 7.04. The van der Waals surface area contributed by atoms with Crippen molar-refractivity contribution in [2.45, 2.75) is 58.3 Å². The number of halogens is 1. The van der Waals surface area contributed by atoms with Gasteiger partial charge in [0.2, 0.25) is 0 Å². The van der Waals surface area contributed by atoms with Crippen LogP contribution in [0.15, 0.2) is 30.3 Å². The number of urea groups is 1. The van der Waals surface area contributed by atoms with Crippen molar-refractivity contribution in [2.75, 3.05) is 25.2 Å². The first-order valence-electron chi connectivity index (χ1n) is 11.5. The third kappa shape index (κ3) is 4.40. The molecule has 34 heavy (non-hydrogen) atoms. The van der Waals surface area contributed by atoms with Crippen LogP contribution in [0.4, 0.5) is 14.9 Å². The van der Waals surface area contributed by atoms with E-state index in [0.29, 0.717) is 29.9 Å². The Kier molecular flexibility index (Phi) is 6.39. The number of fused-ring (bicyclic) bond motifs is 1. The largest absolute Gasteiger partial charge is 0.497 e. The summed E-state index contributed by atoms with van der Waals surface area (Å²) in [6.07, 6.45) is 0.581. The van der Waals surface area contributed by atoms with Gasteiger partial charge in [-0.15, -0.1) is 0 Å². The van der Waals surface area contributed by atoms with Crippen LogP contribution in [0, 0.1) is 12.7 Å². The summed E-state index contributed by atoms with van der Waals surface area (Å²) in [6, 6.07) is 7.61. The van der Waals surface area contributed by atoms with E-state index in [9.17, 15) is 9.90 Å². The molecule has 0 aliphatic carbocycles. The molecule has 2 N–H and O–H groups in total. The molecule has 0 spiro atoms. The molecule has 7 nitrogen and oxygen atoms in total. The zero-order valence-electron chi connectivity index (χ0n) is 20.6. The lowest BCUT2D eigenvalue weighted by molar-refractivity contribution is 0.00578. The van der Waals surface area contributed by atoms with Crippen molar-refractivity contribution >= 4 is 24.3 Å². The van der Waals surface area contributed by atoms with Gasteiger partial charge in [-0.1, -0.05) is 12.1 Å². The number of aliphatic hydroxyl groups is 1. The molecule has 2 aromatic carbocycles. The van der Waals surface area contributed by atoms with E-state index < -0.39 is 36.2 Å². The number of carbonyl (C=O) groups is 1. The Bertz CT molecular complexity index is 1090. The highest BCUT2D eigenvalue weighted by Gasteiger charge is 2.52. The molecule has 2 aliphatic rings. The van der Waals surface area contributed by atoms with Crippen molar-refractivity contribution in [1.82, 2.24) is 5.32 Å². The number of nitrogens with one attached hydrogen (secondary N) is 1. The molecule has 1 fully saturated rings. The molecule has 1 atom stereocenters. The molecule has 1 saturated heterocycles. The van der Waals surface area contributed by atoms with Crippen LogP contribution in [-0.4, -0.2) is 49.7 Å². The van der Waals surface area contributed by atoms with Gasteiger partial charge in [-0.3, -0.25) is 4.90 Å². The highest BCUT2D eigenvalue weighted by molar-refractivity contribution is 6.62. The Balaban J connectivity index is 1.54. The molecular weight excluding hydrogens is 438 g/mol. The van der Waals surface area contributed by atoms with Gasteiger partial charge < -0.3 is 24.5 Å². The molecule has 0 radical (unpaired) electrons. The molecule has 9 heteroatoms. The first-order valence-corrected chi connectivity index (χ1v) is 11.5. The third-order valence-electron chi connectivity index (χ3n) is 7.04. The Morgan fingerprint density at radius 2 is 1.88 bits per heavy atom. The normalized spacial score (nSPS) is 19.2. The molecule has 0 saturated carbocycles. The van der Waals surface area contributed by atoms with E-state index in [4.69, 9.17) is 14.0 Å². The molecule has 0 aromatic heterocycles. The lowest BCUT2D eigenvalue weighted by atomic mass is 9.77. The van der Waals surface area contributed by atoms with Crippen LogP contribution in [0.1, 0.15) is 50.4 Å². The number of hydrogen-bond acceptors (Lipinski definition) is 5. The number of ether oxygens (including phenoxy) is 1. The fourth-order valence-electron chi connectivity index (χ4n) is 4.35. The molecule has 2 heterocycles. The minimum Gasteiger partial charge on any atom is -0.497 e. The lowest BCUT2D eigenvalue weighted by Crippen LogP contribution is -2.42. The summed E-state index contributed by atoms with van der Waals surface area (Å²) in [6.45, 7) is 9.73. The highest BCUT2D eigenvalue weighted by atomic mass is 19.1. The van der Waals surface area contributed by atoms with Crippen molar-refractivity contribution < 1.29 is 28.3 Å². The van der Waals surface area contributed by atoms with Crippen molar-refractivity contribution in [1.29, 1.82) is 0 Å². The van der Waals surface area contributed by atoms with Gasteiger partial charge in [0, 0.05) is 12.0 Å². The van der Waals surface area contributed by atoms with Gasteiger partial charge in [0.1, 0.15) is 11.6 Å². The number of aryl methyl sites for hydroxylation is 1. The summed E-state index contributed by atoms with van der Waals surface area (Å²) >= 11 is 0. The smallest absolute Gasteiger partial charge is 0.497 e. The van der Waals surface area contributed by atoms with Crippen LogP contribution in [0.25, 0.3) is 0 Å². The molecular formula is C25H32BFN2O5.